The number of nitrogens with zero attached hydrogens (tertiary/aromatic N) is 1. The first kappa shape index (κ1) is 15.0. The van der Waals surface area contributed by atoms with Crippen LogP contribution in [0.3, 0.4) is 0 Å². The van der Waals surface area contributed by atoms with E-state index in [4.69, 9.17) is 0 Å². The van der Waals surface area contributed by atoms with Crippen molar-refractivity contribution in [2.75, 3.05) is 13.6 Å². The van der Waals surface area contributed by atoms with E-state index in [2.05, 4.69) is 45.0 Å². The Kier molecular flexibility index (Phi) is 5.94. The summed E-state index contributed by atoms with van der Waals surface area (Å²) in [6.07, 6.45) is 8.36. The predicted octanol–water partition coefficient (Wildman–Crippen LogP) is 3.42. The minimum Gasteiger partial charge on any atom is -0.311 e. The Morgan fingerprint density at radius 2 is 1.76 bits per heavy atom. The quantitative estimate of drug-likeness (QED) is 0.792. The Labute approximate surface area is 108 Å². The molecule has 1 N–H and O–H groups in total. The van der Waals surface area contributed by atoms with Gasteiger partial charge in [0.15, 0.2) is 0 Å². The molecule has 17 heavy (non-hydrogen) atoms. The lowest BCUT2D eigenvalue weighted by molar-refractivity contribution is 0.127. The van der Waals surface area contributed by atoms with Gasteiger partial charge in [0.1, 0.15) is 0 Å². The largest absolute Gasteiger partial charge is 0.311 e. The van der Waals surface area contributed by atoms with Gasteiger partial charge in [0.25, 0.3) is 0 Å². The Morgan fingerprint density at radius 3 is 2.24 bits per heavy atom. The summed E-state index contributed by atoms with van der Waals surface area (Å²) in [5, 5.41) is 3.65. The van der Waals surface area contributed by atoms with Crippen molar-refractivity contribution in [2.45, 2.75) is 83.8 Å². The third kappa shape index (κ3) is 5.39. The fraction of sp³-hybridized carbons (Fsp3) is 1.00. The van der Waals surface area contributed by atoms with E-state index in [9.17, 15) is 0 Å². The zero-order valence-electron chi connectivity index (χ0n) is 12.6. The van der Waals surface area contributed by atoms with E-state index < -0.39 is 0 Å². The van der Waals surface area contributed by atoms with Crippen molar-refractivity contribution in [3.8, 4) is 0 Å². The average molecular weight is 240 g/mol. The Hall–Kier alpha value is -0.0800. The van der Waals surface area contributed by atoms with Crippen LogP contribution in [0.1, 0.15) is 66.2 Å². The van der Waals surface area contributed by atoms with Crippen LogP contribution in [0, 0.1) is 0 Å². The second-order valence-electron chi connectivity index (χ2n) is 6.65. The van der Waals surface area contributed by atoms with Crippen LogP contribution >= 0.6 is 0 Å². The lowest BCUT2D eigenvalue weighted by Crippen LogP contribution is -2.49. The maximum atomic E-state index is 3.65. The van der Waals surface area contributed by atoms with Crippen molar-refractivity contribution in [3.05, 3.63) is 0 Å². The van der Waals surface area contributed by atoms with Gasteiger partial charge in [-0.2, -0.15) is 0 Å². The third-order valence-corrected chi connectivity index (χ3v) is 4.07. The van der Waals surface area contributed by atoms with Crippen LogP contribution in [0.5, 0.6) is 0 Å². The van der Waals surface area contributed by atoms with Crippen LogP contribution in [0.25, 0.3) is 0 Å². The van der Waals surface area contributed by atoms with Crippen molar-refractivity contribution < 1.29 is 0 Å². The molecule has 0 aromatic carbocycles. The first-order valence-corrected chi connectivity index (χ1v) is 7.41. The van der Waals surface area contributed by atoms with E-state index in [1.54, 1.807) is 0 Å². The molecule has 0 spiro atoms. The van der Waals surface area contributed by atoms with E-state index in [0.717, 1.165) is 12.6 Å². The monoisotopic (exact) mass is 240 g/mol. The Morgan fingerprint density at radius 1 is 1.18 bits per heavy atom. The van der Waals surface area contributed by atoms with Gasteiger partial charge in [-0.1, -0.05) is 26.2 Å². The molecule has 1 rings (SSSR count). The SMILES string of the molecule is CCC(CNC(C)(C)C)N(C)C1CCCCC1. The van der Waals surface area contributed by atoms with Crippen molar-refractivity contribution in [1.82, 2.24) is 10.2 Å². The lowest BCUT2D eigenvalue weighted by Gasteiger charge is -2.38. The zero-order valence-corrected chi connectivity index (χ0v) is 12.6. The molecular formula is C15H32N2. The highest BCUT2D eigenvalue weighted by Gasteiger charge is 2.24. The van der Waals surface area contributed by atoms with Crippen molar-refractivity contribution >= 4 is 0 Å². The summed E-state index contributed by atoms with van der Waals surface area (Å²) in [7, 11) is 2.33. The molecule has 0 saturated heterocycles. The second-order valence-corrected chi connectivity index (χ2v) is 6.65. The highest BCUT2D eigenvalue weighted by atomic mass is 15.2. The van der Waals surface area contributed by atoms with Crippen LogP contribution in [0.15, 0.2) is 0 Å². The van der Waals surface area contributed by atoms with Gasteiger partial charge in [0, 0.05) is 24.2 Å². The summed E-state index contributed by atoms with van der Waals surface area (Å²) in [6.45, 7) is 10.2. The van der Waals surface area contributed by atoms with Gasteiger partial charge in [-0.05, 0) is 47.1 Å². The molecule has 1 saturated carbocycles. The number of hydrogen-bond donors (Lipinski definition) is 1. The molecule has 0 aliphatic heterocycles. The van der Waals surface area contributed by atoms with E-state index in [-0.39, 0.29) is 5.54 Å². The van der Waals surface area contributed by atoms with Gasteiger partial charge in [0.05, 0.1) is 0 Å². The van der Waals surface area contributed by atoms with Crippen LogP contribution in [0.2, 0.25) is 0 Å². The van der Waals surface area contributed by atoms with Gasteiger partial charge in [-0.3, -0.25) is 4.90 Å². The van der Waals surface area contributed by atoms with E-state index >= 15 is 0 Å². The van der Waals surface area contributed by atoms with Gasteiger partial charge in [-0.15, -0.1) is 0 Å². The van der Waals surface area contributed by atoms with Gasteiger partial charge in [-0.25, -0.2) is 0 Å². The summed E-state index contributed by atoms with van der Waals surface area (Å²) >= 11 is 0. The number of rotatable bonds is 5. The summed E-state index contributed by atoms with van der Waals surface area (Å²) in [4.78, 5) is 2.64. The highest BCUT2D eigenvalue weighted by molar-refractivity contribution is 4.82. The van der Waals surface area contributed by atoms with Gasteiger partial charge >= 0.3 is 0 Å². The fourth-order valence-corrected chi connectivity index (χ4v) is 2.79. The topological polar surface area (TPSA) is 15.3 Å². The van der Waals surface area contributed by atoms with Crippen molar-refractivity contribution in [1.29, 1.82) is 0 Å². The first-order valence-electron chi connectivity index (χ1n) is 7.41. The molecule has 2 heteroatoms. The Balaban J connectivity index is 2.42. The molecule has 0 radical (unpaired) electrons. The predicted molar refractivity (Wildman–Crippen MR) is 76.5 cm³/mol. The molecule has 1 aliphatic carbocycles. The number of hydrogen-bond acceptors (Lipinski definition) is 2. The minimum absolute atomic E-state index is 0.237. The highest BCUT2D eigenvalue weighted by Crippen LogP contribution is 2.23. The molecular weight excluding hydrogens is 208 g/mol. The molecule has 0 aromatic rings. The fourth-order valence-electron chi connectivity index (χ4n) is 2.79. The van der Waals surface area contributed by atoms with Crippen molar-refractivity contribution in [3.63, 3.8) is 0 Å². The van der Waals surface area contributed by atoms with Crippen LogP contribution in [-0.4, -0.2) is 36.1 Å². The smallest absolute Gasteiger partial charge is 0.0218 e. The molecule has 0 amide bonds. The average Bonchev–Trinajstić information content (AvgIpc) is 2.29. The van der Waals surface area contributed by atoms with Crippen LogP contribution in [0.4, 0.5) is 0 Å². The number of nitrogens with one attached hydrogen (secondary N) is 1. The molecule has 1 aliphatic rings. The standard InChI is InChI=1S/C15H32N2/c1-6-13(12-16-15(2,3)4)17(5)14-10-8-7-9-11-14/h13-14,16H,6-12H2,1-5H3. The molecule has 1 unspecified atom stereocenters. The second kappa shape index (κ2) is 6.75. The molecule has 0 heterocycles. The summed E-state index contributed by atoms with van der Waals surface area (Å²) < 4.78 is 0. The number of likely N-dealkylation sites (N-methyl/N-ethyl adjacent to an activating group) is 1. The van der Waals surface area contributed by atoms with Crippen molar-refractivity contribution in [2.24, 2.45) is 0 Å². The molecule has 0 aromatic heterocycles. The first-order chi connectivity index (χ1) is 7.94. The van der Waals surface area contributed by atoms with Gasteiger partial charge < -0.3 is 5.32 Å². The molecule has 1 atom stereocenters. The maximum Gasteiger partial charge on any atom is 0.0218 e. The minimum atomic E-state index is 0.237. The van der Waals surface area contributed by atoms with Crippen LogP contribution < -0.4 is 5.32 Å². The van der Waals surface area contributed by atoms with E-state index in [1.807, 2.05) is 0 Å². The molecule has 0 bridgehead atoms. The lowest BCUT2D eigenvalue weighted by atomic mass is 9.93. The van der Waals surface area contributed by atoms with E-state index in [0.29, 0.717) is 6.04 Å². The Bertz CT molecular complexity index is 201. The third-order valence-electron chi connectivity index (χ3n) is 4.07. The maximum absolute atomic E-state index is 3.65. The molecule has 2 nitrogen and oxygen atoms in total. The normalized spacial score (nSPS) is 20.8. The summed E-state index contributed by atoms with van der Waals surface area (Å²) in [6, 6.07) is 1.52. The van der Waals surface area contributed by atoms with Crippen LogP contribution in [-0.2, 0) is 0 Å². The summed E-state index contributed by atoms with van der Waals surface area (Å²) in [5.74, 6) is 0. The zero-order chi connectivity index (χ0) is 12.9. The molecule has 1 fully saturated rings. The van der Waals surface area contributed by atoms with E-state index in [1.165, 1.54) is 38.5 Å². The summed E-state index contributed by atoms with van der Waals surface area (Å²) in [5.41, 5.74) is 0.237. The van der Waals surface area contributed by atoms with Gasteiger partial charge in [0.2, 0.25) is 0 Å². The molecule has 102 valence electrons.